The lowest BCUT2D eigenvalue weighted by atomic mass is 9.85. The molecule has 2 rings (SSSR count). The molecule has 1 aromatic rings. The van der Waals surface area contributed by atoms with Gasteiger partial charge in [-0.2, -0.15) is 0 Å². The second-order valence-corrected chi connectivity index (χ2v) is 6.92. The summed E-state index contributed by atoms with van der Waals surface area (Å²) in [5.74, 6) is 0.0808. The van der Waals surface area contributed by atoms with E-state index in [1.807, 2.05) is 10.3 Å². The van der Waals surface area contributed by atoms with E-state index in [4.69, 9.17) is 5.73 Å². The maximum absolute atomic E-state index is 12.4. The van der Waals surface area contributed by atoms with Crippen molar-refractivity contribution in [2.45, 2.75) is 39.5 Å². The maximum Gasteiger partial charge on any atom is 0.273 e. The van der Waals surface area contributed by atoms with Crippen molar-refractivity contribution in [3.63, 3.8) is 0 Å². The van der Waals surface area contributed by atoms with Crippen molar-refractivity contribution in [3.8, 4) is 0 Å². The molecule has 6 heteroatoms. The van der Waals surface area contributed by atoms with Gasteiger partial charge in [-0.1, -0.05) is 13.8 Å². The number of thiazole rings is 1. The summed E-state index contributed by atoms with van der Waals surface area (Å²) < 4.78 is 0. The Morgan fingerprint density at radius 2 is 2.20 bits per heavy atom. The van der Waals surface area contributed by atoms with Gasteiger partial charge in [-0.05, 0) is 31.2 Å². The van der Waals surface area contributed by atoms with Crippen molar-refractivity contribution in [1.82, 2.24) is 9.88 Å². The molecule has 0 unspecified atom stereocenters. The van der Waals surface area contributed by atoms with E-state index < -0.39 is 0 Å². The molecule has 0 atom stereocenters. The number of nitrogens with zero attached hydrogens (tertiary/aromatic N) is 2. The van der Waals surface area contributed by atoms with Crippen molar-refractivity contribution in [2.24, 2.45) is 11.1 Å². The molecule has 2 heterocycles. The average molecular weight is 318 g/mol. The van der Waals surface area contributed by atoms with Crippen LogP contribution in [0.4, 0.5) is 0 Å². The Morgan fingerprint density at radius 3 is 2.90 bits per heavy atom. The lowest BCUT2D eigenvalue weighted by Gasteiger charge is -2.22. The quantitative estimate of drug-likeness (QED) is 0.932. The molecule has 0 radical (unpaired) electrons. The van der Waals surface area contributed by atoms with E-state index in [2.05, 4.69) is 18.8 Å². The molecule has 1 saturated heterocycles. The summed E-state index contributed by atoms with van der Waals surface area (Å²) in [7, 11) is 0. The highest BCUT2D eigenvalue weighted by atomic mass is 35.5. The zero-order valence-corrected chi connectivity index (χ0v) is 13.9. The van der Waals surface area contributed by atoms with Gasteiger partial charge in [0.1, 0.15) is 5.69 Å². The molecule has 1 aliphatic heterocycles. The van der Waals surface area contributed by atoms with E-state index >= 15 is 0 Å². The lowest BCUT2D eigenvalue weighted by molar-refractivity contribution is 0.0752. The predicted molar refractivity (Wildman–Crippen MR) is 85.7 cm³/mol. The van der Waals surface area contributed by atoms with Crippen LogP contribution in [0.15, 0.2) is 5.38 Å². The number of likely N-dealkylation sites (tertiary alicyclic amines) is 1. The van der Waals surface area contributed by atoms with Gasteiger partial charge in [0.05, 0.1) is 5.01 Å². The average Bonchev–Trinajstić information content (AvgIpc) is 2.74. The zero-order valence-electron chi connectivity index (χ0n) is 12.2. The van der Waals surface area contributed by atoms with Crippen molar-refractivity contribution in [1.29, 1.82) is 0 Å². The molecular weight excluding hydrogens is 294 g/mol. The molecule has 2 N–H and O–H groups in total. The number of hydrogen-bond acceptors (Lipinski definition) is 4. The third-order valence-electron chi connectivity index (χ3n) is 3.76. The van der Waals surface area contributed by atoms with E-state index in [9.17, 15) is 4.79 Å². The Labute approximate surface area is 131 Å². The summed E-state index contributed by atoms with van der Waals surface area (Å²) in [6.07, 6.45) is 4.09. The lowest BCUT2D eigenvalue weighted by Crippen LogP contribution is -2.32. The van der Waals surface area contributed by atoms with Crippen LogP contribution >= 0.6 is 23.7 Å². The molecule has 1 aliphatic rings. The van der Waals surface area contributed by atoms with Gasteiger partial charge in [-0.3, -0.25) is 4.79 Å². The fourth-order valence-corrected chi connectivity index (χ4v) is 3.22. The summed E-state index contributed by atoms with van der Waals surface area (Å²) in [5.41, 5.74) is 6.45. The van der Waals surface area contributed by atoms with Crippen LogP contribution in [-0.4, -0.2) is 35.4 Å². The Hall–Kier alpha value is -0.650. The molecule has 0 bridgehead atoms. The predicted octanol–water partition coefficient (Wildman–Crippen LogP) is 2.72. The van der Waals surface area contributed by atoms with Crippen LogP contribution in [0.1, 0.15) is 48.6 Å². The number of amides is 1. The SMILES string of the molecule is CC1(C)CCCN(C(=O)c2csc(CCN)n2)CC1.Cl. The van der Waals surface area contributed by atoms with Gasteiger partial charge in [-0.15, -0.1) is 23.7 Å². The number of hydrogen-bond donors (Lipinski definition) is 1. The third-order valence-corrected chi connectivity index (χ3v) is 4.66. The first-order valence-electron chi connectivity index (χ1n) is 6.95. The molecule has 1 amide bonds. The summed E-state index contributed by atoms with van der Waals surface area (Å²) in [6, 6.07) is 0. The molecule has 114 valence electrons. The minimum Gasteiger partial charge on any atom is -0.337 e. The van der Waals surface area contributed by atoms with Crippen molar-refractivity contribution < 1.29 is 4.79 Å². The van der Waals surface area contributed by atoms with E-state index in [0.29, 0.717) is 17.7 Å². The van der Waals surface area contributed by atoms with Gasteiger partial charge in [0, 0.05) is 24.9 Å². The van der Waals surface area contributed by atoms with Gasteiger partial charge in [0.25, 0.3) is 5.91 Å². The third kappa shape index (κ3) is 4.43. The van der Waals surface area contributed by atoms with E-state index in [-0.39, 0.29) is 18.3 Å². The van der Waals surface area contributed by atoms with Crippen molar-refractivity contribution in [2.75, 3.05) is 19.6 Å². The maximum atomic E-state index is 12.4. The largest absolute Gasteiger partial charge is 0.337 e. The fraction of sp³-hybridized carbons (Fsp3) is 0.714. The summed E-state index contributed by atoms with van der Waals surface area (Å²) in [5, 5.41) is 2.82. The van der Waals surface area contributed by atoms with Crippen LogP contribution in [0, 0.1) is 5.41 Å². The smallest absolute Gasteiger partial charge is 0.273 e. The minimum absolute atomic E-state index is 0. The number of rotatable bonds is 3. The van der Waals surface area contributed by atoms with Gasteiger partial charge in [0.15, 0.2) is 0 Å². The second-order valence-electron chi connectivity index (χ2n) is 5.98. The number of nitrogens with two attached hydrogens (primary N) is 1. The highest BCUT2D eigenvalue weighted by Gasteiger charge is 2.26. The topological polar surface area (TPSA) is 59.2 Å². The molecule has 1 fully saturated rings. The van der Waals surface area contributed by atoms with Gasteiger partial charge in [0.2, 0.25) is 0 Å². The van der Waals surface area contributed by atoms with Crippen LogP contribution in [0.3, 0.4) is 0 Å². The second kappa shape index (κ2) is 7.38. The molecule has 20 heavy (non-hydrogen) atoms. The van der Waals surface area contributed by atoms with Crippen molar-refractivity contribution in [3.05, 3.63) is 16.1 Å². The highest BCUT2D eigenvalue weighted by Crippen LogP contribution is 2.30. The molecule has 4 nitrogen and oxygen atoms in total. The number of halogens is 1. The molecule has 0 aromatic carbocycles. The Kier molecular flexibility index (Phi) is 6.43. The number of carbonyl (C=O) groups is 1. The number of aromatic nitrogens is 1. The zero-order chi connectivity index (χ0) is 13.9. The first-order chi connectivity index (χ1) is 9.02. The summed E-state index contributed by atoms with van der Waals surface area (Å²) in [6.45, 7) is 6.84. The molecule has 0 spiro atoms. The molecule has 0 saturated carbocycles. The van der Waals surface area contributed by atoms with Gasteiger partial charge in [-0.25, -0.2) is 4.98 Å². The first-order valence-corrected chi connectivity index (χ1v) is 7.83. The van der Waals surface area contributed by atoms with Gasteiger partial charge >= 0.3 is 0 Å². The molecule has 1 aromatic heterocycles. The van der Waals surface area contributed by atoms with Crippen LogP contribution in [0.5, 0.6) is 0 Å². The Balaban J connectivity index is 0.00000200. The van der Waals surface area contributed by atoms with Crippen LogP contribution in [-0.2, 0) is 6.42 Å². The monoisotopic (exact) mass is 317 g/mol. The Morgan fingerprint density at radius 1 is 1.45 bits per heavy atom. The van der Waals surface area contributed by atoms with Crippen molar-refractivity contribution >= 4 is 29.7 Å². The molecular formula is C14H24ClN3OS. The normalized spacial score (nSPS) is 18.2. The van der Waals surface area contributed by atoms with Crippen LogP contribution in [0.2, 0.25) is 0 Å². The Bertz CT molecular complexity index is 447. The number of carbonyl (C=O) groups excluding carboxylic acids is 1. The van der Waals surface area contributed by atoms with E-state index in [0.717, 1.165) is 37.4 Å². The van der Waals surface area contributed by atoms with Crippen LogP contribution < -0.4 is 5.73 Å². The highest BCUT2D eigenvalue weighted by molar-refractivity contribution is 7.09. The van der Waals surface area contributed by atoms with E-state index in [1.54, 1.807) is 0 Å². The summed E-state index contributed by atoms with van der Waals surface area (Å²) >= 11 is 1.53. The standard InChI is InChI=1S/C14H23N3OS.ClH/c1-14(2)5-3-8-17(9-6-14)13(18)11-10-19-12(16-11)4-7-15;/h10H,3-9,15H2,1-2H3;1H. The summed E-state index contributed by atoms with van der Waals surface area (Å²) in [4.78, 5) is 18.8. The minimum atomic E-state index is 0. The van der Waals surface area contributed by atoms with Gasteiger partial charge < -0.3 is 10.6 Å². The fourth-order valence-electron chi connectivity index (χ4n) is 2.44. The molecule has 0 aliphatic carbocycles. The van der Waals surface area contributed by atoms with Crippen LogP contribution in [0.25, 0.3) is 0 Å². The van der Waals surface area contributed by atoms with E-state index in [1.165, 1.54) is 17.8 Å². The first kappa shape index (κ1) is 17.4.